The molecule has 1 aromatic heterocycles. The van der Waals surface area contributed by atoms with Crippen LogP contribution in [-0.2, 0) is 9.59 Å². The fourth-order valence-corrected chi connectivity index (χ4v) is 4.62. The first-order valence-electron chi connectivity index (χ1n) is 11.0. The van der Waals surface area contributed by atoms with Crippen LogP contribution in [-0.4, -0.2) is 71.2 Å². The van der Waals surface area contributed by atoms with Gasteiger partial charge in [-0.3, -0.25) is 14.4 Å². The molecule has 0 bridgehead atoms. The molecule has 2 aliphatic heterocycles. The van der Waals surface area contributed by atoms with Crippen molar-refractivity contribution in [3.63, 3.8) is 0 Å². The zero-order valence-corrected chi connectivity index (χ0v) is 18.7. The van der Waals surface area contributed by atoms with Crippen LogP contribution in [0.5, 0.6) is 0 Å². The highest BCUT2D eigenvalue weighted by molar-refractivity contribution is 5.97. The summed E-state index contributed by atoms with van der Waals surface area (Å²) in [6, 6.07) is 11.7. The van der Waals surface area contributed by atoms with Crippen LogP contribution in [0.25, 0.3) is 0 Å². The van der Waals surface area contributed by atoms with Crippen molar-refractivity contribution in [1.82, 2.24) is 14.7 Å². The highest BCUT2D eigenvalue weighted by Crippen LogP contribution is 2.34. The van der Waals surface area contributed by atoms with E-state index in [1.807, 2.05) is 30.3 Å². The first kappa shape index (κ1) is 22.1. The minimum atomic E-state index is -0.657. The molecule has 2 fully saturated rings. The normalized spacial score (nSPS) is 24.7. The highest BCUT2D eigenvalue weighted by Gasteiger charge is 2.45. The van der Waals surface area contributed by atoms with Gasteiger partial charge in [0.2, 0.25) is 11.8 Å². The van der Waals surface area contributed by atoms with Crippen LogP contribution in [0.4, 0.5) is 0 Å². The Morgan fingerprint density at radius 1 is 1.09 bits per heavy atom. The van der Waals surface area contributed by atoms with Crippen molar-refractivity contribution in [2.45, 2.75) is 44.3 Å². The number of nitrogens with zero attached hydrogens (tertiary/aromatic N) is 3. The third-order valence-corrected chi connectivity index (χ3v) is 6.56. The number of rotatable bonds is 4. The van der Waals surface area contributed by atoms with Crippen LogP contribution in [0.15, 0.2) is 46.9 Å². The third kappa shape index (κ3) is 4.02. The van der Waals surface area contributed by atoms with Gasteiger partial charge < -0.3 is 24.9 Å². The van der Waals surface area contributed by atoms with Crippen LogP contribution < -0.4 is 5.73 Å². The SMILES string of the molecule is CC(N)c1ccc(C(=O)N2C[C@@H](c3ccccc3)C[C@H]2C(=O)N2CCN(C)C(=O)C2C)o1. The minimum absolute atomic E-state index is 0.0236. The van der Waals surface area contributed by atoms with Gasteiger partial charge in [0.05, 0.1) is 6.04 Å². The molecule has 3 amide bonds. The molecule has 8 heteroatoms. The van der Waals surface area contributed by atoms with Gasteiger partial charge in [-0.1, -0.05) is 30.3 Å². The number of furan rings is 1. The zero-order chi connectivity index (χ0) is 23.0. The van der Waals surface area contributed by atoms with E-state index in [2.05, 4.69) is 0 Å². The molecule has 170 valence electrons. The fourth-order valence-electron chi connectivity index (χ4n) is 4.62. The van der Waals surface area contributed by atoms with Gasteiger partial charge in [0.15, 0.2) is 5.76 Å². The number of hydrogen-bond acceptors (Lipinski definition) is 5. The predicted molar refractivity (Wildman–Crippen MR) is 119 cm³/mol. The van der Waals surface area contributed by atoms with Crippen molar-refractivity contribution in [3.8, 4) is 0 Å². The summed E-state index contributed by atoms with van der Waals surface area (Å²) >= 11 is 0. The monoisotopic (exact) mass is 438 g/mol. The Kier molecular flexibility index (Phi) is 6.06. The van der Waals surface area contributed by atoms with Gasteiger partial charge in [0.1, 0.15) is 17.8 Å². The molecule has 8 nitrogen and oxygen atoms in total. The van der Waals surface area contributed by atoms with E-state index in [9.17, 15) is 14.4 Å². The van der Waals surface area contributed by atoms with Crippen LogP contribution in [0.1, 0.15) is 54.1 Å². The van der Waals surface area contributed by atoms with Crippen molar-refractivity contribution >= 4 is 17.7 Å². The predicted octanol–water partition coefficient (Wildman–Crippen LogP) is 1.99. The molecule has 1 aromatic carbocycles. The number of amides is 3. The molecule has 4 rings (SSSR count). The lowest BCUT2D eigenvalue weighted by Gasteiger charge is -2.39. The molecule has 2 aromatic rings. The number of likely N-dealkylation sites (N-methyl/N-ethyl adjacent to an activating group) is 1. The number of hydrogen-bond donors (Lipinski definition) is 1. The lowest BCUT2D eigenvalue weighted by atomic mass is 9.96. The Hall–Kier alpha value is -3.13. The van der Waals surface area contributed by atoms with Gasteiger partial charge in [-0.25, -0.2) is 0 Å². The lowest BCUT2D eigenvalue weighted by molar-refractivity contribution is -0.151. The maximum atomic E-state index is 13.6. The molecule has 2 N–H and O–H groups in total. The van der Waals surface area contributed by atoms with Crippen LogP contribution in [0, 0.1) is 0 Å². The summed E-state index contributed by atoms with van der Waals surface area (Å²) < 4.78 is 5.68. The van der Waals surface area contributed by atoms with Crippen molar-refractivity contribution in [1.29, 1.82) is 0 Å². The van der Waals surface area contributed by atoms with Gasteiger partial charge in [-0.2, -0.15) is 0 Å². The van der Waals surface area contributed by atoms with E-state index >= 15 is 0 Å². The molecule has 0 saturated carbocycles. The Morgan fingerprint density at radius 3 is 2.47 bits per heavy atom. The van der Waals surface area contributed by atoms with Gasteiger partial charge in [-0.15, -0.1) is 0 Å². The quantitative estimate of drug-likeness (QED) is 0.787. The maximum absolute atomic E-state index is 13.6. The van der Waals surface area contributed by atoms with E-state index in [1.54, 1.807) is 47.7 Å². The molecular weight excluding hydrogens is 408 g/mol. The molecule has 3 heterocycles. The van der Waals surface area contributed by atoms with Crippen molar-refractivity contribution < 1.29 is 18.8 Å². The number of nitrogens with two attached hydrogens (primary N) is 1. The summed E-state index contributed by atoms with van der Waals surface area (Å²) in [7, 11) is 1.74. The van der Waals surface area contributed by atoms with Crippen LogP contribution in [0.2, 0.25) is 0 Å². The van der Waals surface area contributed by atoms with Crippen molar-refractivity contribution in [3.05, 3.63) is 59.5 Å². The van der Waals surface area contributed by atoms with Gasteiger partial charge in [0, 0.05) is 32.6 Å². The van der Waals surface area contributed by atoms with Gasteiger partial charge >= 0.3 is 0 Å². The minimum Gasteiger partial charge on any atom is -0.454 e. The average molecular weight is 439 g/mol. The number of carbonyl (C=O) groups is 3. The number of piperazine rings is 1. The first-order chi connectivity index (χ1) is 15.3. The zero-order valence-electron chi connectivity index (χ0n) is 18.7. The number of likely N-dealkylation sites (tertiary alicyclic amines) is 1. The summed E-state index contributed by atoms with van der Waals surface area (Å²) in [4.78, 5) is 44.3. The summed E-state index contributed by atoms with van der Waals surface area (Å²) in [5, 5.41) is 0. The second-order valence-corrected chi connectivity index (χ2v) is 8.77. The lowest BCUT2D eigenvalue weighted by Crippen LogP contribution is -2.60. The van der Waals surface area contributed by atoms with Crippen molar-refractivity contribution in [2.24, 2.45) is 5.73 Å². The molecule has 0 aliphatic carbocycles. The molecule has 2 saturated heterocycles. The third-order valence-electron chi connectivity index (χ3n) is 6.56. The van der Waals surface area contributed by atoms with E-state index in [-0.39, 0.29) is 35.4 Å². The first-order valence-corrected chi connectivity index (χ1v) is 11.0. The van der Waals surface area contributed by atoms with Gasteiger partial charge in [0.25, 0.3) is 5.91 Å². The second kappa shape index (κ2) is 8.78. The molecule has 32 heavy (non-hydrogen) atoms. The van der Waals surface area contributed by atoms with E-state index in [0.29, 0.717) is 31.8 Å². The largest absolute Gasteiger partial charge is 0.454 e. The molecule has 4 atom stereocenters. The maximum Gasteiger partial charge on any atom is 0.290 e. The van der Waals surface area contributed by atoms with Crippen LogP contribution >= 0.6 is 0 Å². The average Bonchev–Trinajstić information content (AvgIpc) is 3.45. The number of carbonyl (C=O) groups excluding carboxylic acids is 3. The smallest absolute Gasteiger partial charge is 0.290 e. The van der Waals surface area contributed by atoms with E-state index < -0.39 is 12.1 Å². The highest BCUT2D eigenvalue weighted by atomic mass is 16.4. The molecule has 2 unspecified atom stereocenters. The van der Waals surface area contributed by atoms with Gasteiger partial charge in [-0.05, 0) is 38.0 Å². The second-order valence-electron chi connectivity index (χ2n) is 8.77. The Balaban J connectivity index is 1.62. The number of benzene rings is 1. The van der Waals surface area contributed by atoms with E-state index in [0.717, 1.165) is 5.56 Å². The van der Waals surface area contributed by atoms with E-state index in [4.69, 9.17) is 10.2 Å². The van der Waals surface area contributed by atoms with Crippen LogP contribution in [0.3, 0.4) is 0 Å². The summed E-state index contributed by atoms with van der Waals surface area (Å²) in [5.74, 6) is 0.106. The Labute approximate surface area is 187 Å². The van der Waals surface area contributed by atoms with Crippen molar-refractivity contribution in [2.75, 3.05) is 26.7 Å². The summed E-state index contributed by atoms with van der Waals surface area (Å²) in [6.45, 7) is 4.86. The molecule has 0 radical (unpaired) electrons. The Bertz CT molecular complexity index is 1000. The molecular formula is C24H30N4O4. The fraction of sp³-hybridized carbons (Fsp3) is 0.458. The standard InChI is InChI=1S/C24H30N4O4/c1-15(25)20-9-10-21(32-20)24(31)28-14-18(17-7-5-4-6-8-17)13-19(28)23(30)27-12-11-26(3)22(29)16(27)2/h4-10,15-16,18-19H,11-14,25H2,1-3H3/t15?,16?,18-,19-/m0/s1. The summed E-state index contributed by atoms with van der Waals surface area (Å²) in [6.07, 6.45) is 0.503. The topological polar surface area (TPSA) is 100 Å². The molecule has 2 aliphatic rings. The Morgan fingerprint density at radius 2 is 1.81 bits per heavy atom. The molecule has 0 spiro atoms. The summed E-state index contributed by atoms with van der Waals surface area (Å²) in [5.41, 5.74) is 6.96. The van der Waals surface area contributed by atoms with E-state index in [1.165, 1.54) is 0 Å².